The van der Waals surface area contributed by atoms with Crippen molar-refractivity contribution in [2.24, 2.45) is 5.92 Å². The summed E-state index contributed by atoms with van der Waals surface area (Å²) in [5, 5.41) is 13.1. The van der Waals surface area contributed by atoms with Crippen LogP contribution < -0.4 is 0 Å². The van der Waals surface area contributed by atoms with Crippen molar-refractivity contribution in [1.29, 1.82) is 0 Å². The fourth-order valence-electron chi connectivity index (χ4n) is 1.78. The number of aliphatic carboxylic acids is 1. The van der Waals surface area contributed by atoms with Crippen molar-refractivity contribution in [1.82, 2.24) is 14.7 Å². The van der Waals surface area contributed by atoms with E-state index in [-0.39, 0.29) is 5.92 Å². The van der Waals surface area contributed by atoms with Crippen molar-refractivity contribution in [2.45, 2.75) is 33.9 Å². The summed E-state index contributed by atoms with van der Waals surface area (Å²) in [7, 11) is 0. The molecule has 0 saturated heterocycles. The van der Waals surface area contributed by atoms with Crippen LogP contribution in [0, 0.1) is 5.92 Å². The standard InChI is InChI=1S/C12H21N3O2/c1-4-14(8-10(3)12(16)17)9-11-6-7-13-15(11)5-2/h6-7,10H,4-5,8-9H2,1-3H3,(H,16,17). The van der Waals surface area contributed by atoms with Gasteiger partial charge in [0, 0.05) is 25.8 Å². The fourth-order valence-corrected chi connectivity index (χ4v) is 1.78. The third-order valence-corrected chi connectivity index (χ3v) is 2.89. The van der Waals surface area contributed by atoms with E-state index in [1.54, 1.807) is 13.1 Å². The van der Waals surface area contributed by atoms with Crippen molar-refractivity contribution < 1.29 is 9.90 Å². The van der Waals surface area contributed by atoms with Crippen LogP contribution in [0.1, 0.15) is 26.5 Å². The average molecular weight is 239 g/mol. The second-order valence-corrected chi connectivity index (χ2v) is 4.21. The number of aryl methyl sites for hydroxylation is 1. The maximum absolute atomic E-state index is 10.8. The van der Waals surface area contributed by atoms with E-state index in [1.165, 1.54) is 0 Å². The van der Waals surface area contributed by atoms with E-state index in [2.05, 4.69) is 10.00 Å². The van der Waals surface area contributed by atoms with Gasteiger partial charge in [0.05, 0.1) is 11.6 Å². The number of hydrogen-bond donors (Lipinski definition) is 1. The number of aromatic nitrogens is 2. The van der Waals surface area contributed by atoms with Crippen LogP contribution in [-0.2, 0) is 17.9 Å². The summed E-state index contributed by atoms with van der Waals surface area (Å²) < 4.78 is 1.94. The minimum absolute atomic E-state index is 0.340. The van der Waals surface area contributed by atoms with Crippen molar-refractivity contribution in [3.8, 4) is 0 Å². The maximum atomic E-state index is 10.8. The summed E-state index contributed by atoms with van der Waals surface area (Å²) in [5.74, 6) is -1.08. The van der Waals surface area contributed by atoms with E-state index in [0.29, 0.717) is 6.54 Å². The second kappa shape index (κ2) is 6.39. The molecule has 0 aliphatic heterocycles. The Morgan fingerprint density at radius 2 is 2.29 bits per heavy atom. The molecule has 5 heteroatoms. The van der Waals surface area contributed by atoms with Crippen molar-refractivity contribution in [2.75, 3.05) is 13.1 Å². The van der Waals surface area contributed by atoms with E-state index >= 15 is 0 Å². The van der Waals surface area contributed by atoms with Gasteiger partial charge in [0.15, 0.2) is 0 Å². The molecular formula is C12H21N3O2. The Balaban J connectivity index is 2.61. The molecule has 1 unspecified atom stereocenters. The molecule has 1 atom stereocenters. The molecule has 0 spiro atoms. The van der Waals surface area contributed by atoms with Gasteiger partial charge in [-0.15, -0.1) is 0 Å². The van der Waals surface area contributed by atoms with Crippen LogP contribution in [0.3, 0.4) is 0 Å². The molecule has 0 aromatic carbocycles. The normalized spacial score (nSPS) is 12.9. The predicted octanol–water partition coefficient (Wildman–Crippen LogP) is 1.45. The number of carboxylic acid groups (broad SMARTS) is 1. The molecule has 0 amide bonds. The van der Waals surface area contributed by atoms with Gasteiger partial charge in [0.1, 0.15) is 0 Å². The van der Waals surface area contributed by atoms with Gasteiger partial charge < -0.3 is 5.11 Å². The summed E-state index contributed by atoms with van der Waals surface area (Å²) in [6, 6.07) is 1.98. The third-order valence-electron chi connectivity index (χ3n) is 2.89. The Morgan fingerprint density at radius 1 is 1.59 bits per heavy atom. The van der Waals surface area contributed by atoms with E-state index < -0.39 is 5.97 Å². The molecule has 0 aliphatic rings. The van der Waals surface area contributed by atoms with Crippen LogP contribution in [0.4, 0.5) is 0 Å². The highest BCUT2D eigenvalue weighted by atomic mass is 16.4. The summed E-state index contributed by atoms with van der Waals surface area (Å²) in [6.45, 7) is 8.83. The number of hydrogen-bond acceptors (Lipinski definition) is 3. The lowest BCUT2D eigenvalue weighted by molar-refractivity contribution is -0.141. The van der Waals surface area contributed by atoms with Crippen LogP contribution in [0.2, 0.25) is 0 Å². The first-order valence-electron chi connectivity index (χ1n) is 6.04. The zero-order valence-corrected chi connectivity index (χ0v) is 10.8. The smallest absolute Gasteiger partial charge is 0.307 e. The Bertz CT molecular complexity index is 362. The zero-order chi connectivity index (χ0) is 12.8. The molecule has 1 N–H and O–H groups in total. The lowest BCUT2D eigenvalue weighted by Gasteiger charge is -2.22. The Kier molecular flexibility index (Phi) is 5.15. The third kappa shape index (κ3) is 3.85. The first-order valence-corrected chi connectivity index (χ1v) is 6.04. The first kappa shape index (κ1) is 13.7. The molecule has 96 valence electrons. The van der Waals surface area contributed by atoms with Crippen molar-refractivity contribution in [3.05, 3.63) is 18.0 Å². The van der Waals surface area contributed by atoms with Crippen LogP contribution in [-0.4, -0.2) is 38.8 Å². The highest BCUT2D eigenvalue weighted by molar-refractivity contribution is 5.69. The largest absolute Gasteiger partial charge is 0.481 e. The fraction of sp³-hybridized carbons (Fsp3) is 0.667. The Hall–Kier alpha value is -1.36. The van der Waals surface area contributed by atoms with Crippen LogP contribution in [0.15, 0.2) is 12.3 Å². The summed E-state index contributed by atoms with van der Waals surface area (Å²) in [5.41, 5.74) is 1.13. The lowest BCUT2D eigenvalue weighted by Crippen LogP contribution is -2.32. The molecule has 0 radical (unpaired) electrons. The minimum atomic E-state index is -0.743. The molecule has 0 bridgehead atoms. The molecular weight excluding hydrogens is 218 g/mol. The first-order chi connectivity index (χ1) is 8.08. The highest BCUT2D eigenvalue weighted by Crippen LogP contribution is 2.07. The van der Waals surface area contributed by atoms with Gasteiger partial charge >= 0.3 is 5.97 Å². The van der Waals surface area contributed by atoms with E-state index in [0.717, 1.165) is 25.3 Å². The average Bonchev–Trinajstić information content (AvgIpc) is 2.75. The molecule has 0 saturated carbocycles. The number of rotatable bonds is 7. The quantitative estimate of drug-likeness (QED) is 0.782. The Morgan fingerprint density at radius 3 is 2.82 bits per heavy atom. The topological polar surface area (TPSA) is 58.4 Å². The minimum Gasteiger partial charge on any atom is -0.481 e. The van der Waals surface area contributed by atoms with Gasteiger partial charge in [-0.25, -0.2) is 0 Å². The van der Waals surface area contributed by atoms with Gasteiger partial charge in [-0.05, 0) is 19.5 Å². The molecule has 1 aromatic rings. The van der Waals surface area contributed by atoms with Gasteiger partial charge in [-0.3, -0.25) is 14.4 Å². The molecule has 1 aromatic heterocycles. The molecule has 0 aliphatic carbocycles. The van der Waals surface area contributed by atoms with Gasteiger partial charge in [-0.2, -0.15) is 5.10 Å². The van der Waals surface area contributed by atoms with Gasteiger partial charge in [-0.1, -0.05) is 13.8 Å². The molecule has 0 fully saturated rings. The molecule has 1 heterocycles. The monoisotopic (exact) mass is 239 g/mol. The maximum Gasteiger partial charge on any atom is 0.307 e. The van der Waals surface area contributed by atoms with Gasteiger partial charge in [0.25, 0.3) is 0 Å². The Labute approximate surface area is 102 Å². The van der Waals surface area contributed by atoms with Crippen LogP contribution in [0.5, 0.6) is 0 Å². The molecule has 17 heavy (non-hydrogen) atoms. The molecule has 1 rings (SSSR count). The summed E-state index contributed by atoms with van der Waals surface area (Å²) in [6.07, 6.45) is 1.79. The SMILES string of the molecule is CCN(Cc1ccnn1CC)CC(C)C(=O)O. The highest BCUT2D eigenvalue weighted by Gasteiger charge is 2.16. The summed E-state index contributed by atoms with van der Waals surface area (Å²) >= 11 is 0. The van der Waals surface area contributed by atoms with Crippen molar-refractivity contribution in [3.63, 3.8) is 0 Å². The number of carboxylic acids is 1. The summed E-state index contributed by atoms with van der Waals surface area (Å²) in [4.78, 5) is 13.0. The zero-order valence-electron chi connectivity index (χ0n) is 10.8. The predicted molar refractivity (Wildman–Crippen MR) is 65.7 cm³/mol. The number of carbonyl (C=O) groups is 1. The van der Waals surface area contributed by atoms with Crippen LogP contribution >= 0.6 is 0 Å². The number of nitrogens with zero attached hydrogens (tertiary/aromatic N) is 3. The van der Waals surface area contributed by atoms with E-state index in [1.807, 2.05) is 24.6 Å². The lowest BCUT2D eigenvalue weighted by atomic mass is 10.1. The molecule has 5 nitrogen and oxygen atoms in total. The second-order valence-electron chi connectivity index (χ2n) is 4.21. The van der Waals surface area contributed by atoms with E-state index in [9.17, 15) is 4.79 Å². The van der Waals surface area contributed by atoms with Crippen LogP contribution in [0.25, 0.3) is 0 Å². The van der Waals surface area contributed by atoms with E-state index in [4.69, 9.17) is 5.11 Å². The van der Waals surface area contributed by atoms with Crippen molar-refractivity contribution >= 4 is 5.97 Å². The van der Waals surface area contributed by atoms with Gasteiger partial charge in [0.2, 0.25) is 0 Å².